The summed E-state index contributed by atoms with van der Waals surface area (Å²) in [6, 6.07) is 1.20. The predicted molar refractivity (Wildman–Crippen MR) is 49.0 cm³/mol. The van der Waals surface area contributed by atoms with Gasteiger partial charge in [-0.2, -0.15) is 0 Å². The third kappa shape index (κ3) is 1.65. The molecule has 0 aromatic heterocycles. The van der Waals surface area contributed by atoms with Crippen LogP contribution in [0.25, 0.3) is 0 Å². The van der Waals surface area contributed by atoms with Gasteiger partial charge in [0.05, 0.1) is 14.2 Å². The molecule has 0 spiro atoms. The molecule has 0 unspecified atom stereocenters. The van der Waals surface area contributed by atoms with Gasteiger partial charge in [-0.1, -0.05) is 0 Å². The minimum absolute atomic E-state index is 0.0169. The van der Waals surface area contributed by atoms with E-state index >= 15 is 0 Å². The second kappa shape index (κ2) is 3.74. The van der Waals surface area contributed by atoms with Crippen LogP contribution in [0.3, 0.4) is 0 Å². The van der Waals surface area contributed by atoms with Gasteiger partial charge < -0.3 is 9.47 Å². The van der Waals surface area contributed by atoms with Crippen molar-refractivity contribution < 1.29 is 18.3 Å². The fourth-order valence-electron chi connectivity index (χ4n) is 1.01. The van der Waals surface area contributed by atoms with Gasteiger partial charge in [0.15, 0.2) is 23.1 Å². The third-order valence-electron chi connectivity index (χ3n) is 1.79. The Hall–Kier alpha value is -1.10. The van der Waals surface area contributed by atoms with Gasteiger partial charge in [-0.3, -0.25) is 0 Å². The van der Waals surface area contributed by atoms with E-state index in [4.69, 9.17) is 9.47 Å². The molecule has 0 aliphatic heterocycles. The SMILES string of the molecule is COc1cc(OC)c(F)c([SiH3])c1F. The molecule has 5 heteroatoms. The molecule has 1 aromatic rings. The highest BCUT2D eigenvalue weighted by Crippen LogP contribution is 2.24. The number of halogens is 2. The van der Waals surface area contributed by atoms with Gasteiger partial charge in [-0.15, -0.1) is 0 Å². The molecule has 0 N–H and O–H groups in total. The predicted octanol–water partition coefficient (Wildman–Crippen LogP) is -0.0273. The minimum atomic E-state index is -0.632. The van der Waals surface area contributed by atoms with E-state index in [1.165, 1.54) is 20.3 Å². The largest absolute Gasteiger partial charge is 0.494 e. The zero-order chi connectivity index (χ0) is 10.0. The number of hydrogen-bond acceptors (Lipinski definition) is 2. The van der Waals surface area contributed by atoms with Crippen molar-refractivity contribution in [2.45, 2.75) is 0 Å². The van der Waals surface area contributed by atoms with Crippen LogP contribution in [0.2, 0.25) is 0 Å². The molecule has 0 aliphatic carbocycles. The highest BCUT2D eigenvalue weighted by molar-refractivity contribution is 6.33. The number of benzene rings is 1. The summed E-state index contributed by atoms with van der Waals surface area (Å²) in [6.07, 6.45) is 0. The molecule has 0 heterocycles. The van der Waals surface area contributed by atoms with Crippen LogP contribution in [-0.2, 0) is 0 Å². The monoisotopic (exact) mass is 204 g/mol. The summed E-state index contributed by atoms with van der Waals surface area (Å²) in [5.74, 6) is -1.23. The summed E-state index contributed by atoms with van der Waals surface area (Å²) in [4.78, 5) is 0. The summed E-state index contributed by atoms with van der Waals surface area (Å²) in [5.41, 5.74) is 0. The van der Waals surface area contributed by atoms with Gasteiger partial charge in [0.25, 0.3) is 0 Å². The Labute approximate surface area is 77.9 Å². The maximum Gasteiger partial charge on any atom is 0.166 e. The molecule has 0 fully saturated rings. The van der Waals surface area contributed by atoms with Crippen LogP contribution in [0.5, 0.6) is 11.5 Å². The topological polar surface area (TPSA) is 18.5 Å². The molecule has 0 saturated heterocycles. The summed E-state index contributed by atoms with van der Waals surface area (Å²) < 4.78 is 35.8. The molecule has 2 nitrogen and oxygen atoms in total. The Morgan fingerprint density at radius 3 is 1.77 bits per heavy atom. The van der Waals surface area contributed by atoms with Crippen LogP contribution < -0.4 is 14.7 Å². The first-order valence-corrected chi connectivity index (χ1v) is 4.68. The average molecular weight is 204 g/mol. The quantitative estimate of drug-likeness (QED) is 0.630. The molecule has 72 valence electrons. The molecular weight excluding hydrogens is 194 g/mol. The number of methoxy groups -OCH3 is 2. The van der Waals surface area contributed by atoms with Gasteiger partial charge in [0.2, 0.25) is 0 Å². The van der Waals surface area contributed by atoms with E-state index < -0.39 is 11.6 Å². The molecular formula is C8H10F2O2Si. The molecule has 0 aliphatic rings. The summed E-state index contributed by atoms with van der Waals surface area (Å²) in [7, 11) is 2.93. The highest BCUT2D eigenvalue weighted by Gasteiger charge is 2.15. The Balaban J connectivity index is 3.36. The molecule has 1 rings (SSSR count). The average Bonchev–Trinajstić information content (AvgIpc) is 2.15. The Morgan fingerprint density at radius 2 is 1.46 bits per heavy atom. The van der Waals surface area contributed by atoms with Crippen molar-refractivity contribution in [2.24, 2.45) is 0 Å². The first-order valence-electron chi connectivity index (χ1n) is 3.68. The van der Waals surface area contributed by atoms with Crippen LogP contribution in [-0.4, -0.2) is 24.5 Å². The second-order valence-corrected chi connectivity index (χ2v) is 3.53. The van der Waals surface area contributed by atoms with Crippen molar-refractivity contribution in [3.8, 4) is 11.5 Å². The van der Waals surface area contributed by atoms with Gasteiger partial charge in [0.1, 0.15) is 0 Å². The molecule has 0 atom stereocenters. The fourth-order valence-corrected chi connectivity index (χ4v) is 1.50. The lowest BCUT2D eigenvalue weighted by atomic mass is 10.3. The maximum absolute atomic E-state index is 13.2. The lowest BCUT2D eigenvalue weighted by Gasteiger charge is -2.09. The number of rotatable bonds is 2. The summed E-state index contributed by atoms with van der Waals surface area (Å²) in [5, 5.41) is 0.0381. The Bertz CT molecular complexity index is 300. The van der Waals surface area contributed by atoms with E-state index in [1.54, 1.807) is 0 Å². The number of hydrogen-bond donors (Lipinski definition) is 0. The van der Waals surface area contributed by atoms with E-state index in [1.807, 2.05) is 0 Å². The normalized spacial score (nSPS) is 10.2. The Morgan fingerprint density at radius 1 is 1.08 bits per heavy atom. The highest BCUT2D eigenvalue weighted by atomic mass is 28.1. The molecule has 1 aromatic carbocycles. The van der Waals surface area contributed by atoms with Crippen LogP contribution in [0.1, 0.15) is 0 Å². The van der Waals surface area contributed by atoms with E-state index in [0.29, 0.717) is 0 Å². The van der Waals surface area contributed by atoms with Crippen molar-refractivity contribution in [3.05, 3.63) is 17.7 Å². The van der Waals surface area contributed by atoms with E-state index in [0.717, 1.165) is 0 Å². The van der Waals surface area contributed by atoms with E-state index in [2.05, 4.69) is 0 Å². The standard InChI is InChI=1S/C8H10F2O2Si/c1-11-4-3-5(12-2)7(10)8(13)6(4)9/h3H,1-2,13H3. The molecule has 0 bridgehead atoms. The van der Waals surface area contributed by atoms with Crippen LogP contribution in [0.15, 0.2) is 6.07 Å². The van der Waals surface area contributed by atoms with Gasteiger partial charge in [-0.05, 0) is 0 Å². The van der Waals surface area contributed by atoms with Crippen LogP contribution in [0.4, 0.5) is 8.78 Å². The lowest BCUT2D eigenvalue weighted by Crippen LogP contribution is -2.16. The van der Waals surface area contributed by atoms with Crippen LogP contribution in [0, 0.1) is 11.6 Å². The van der Waals surface area contributed by atoms with Crippen LogP contribution >= 0.6 is 0 Å². The second-order valence-electron chi connectivity index (χ2n) is 2.53. The van der Waals surface area contributed by atoms with Gasteiger partial charge >= 0.3 is 0 Å². The summed E-state index contributed by atoms with van der Waals surface area (Å²) >= 11 is 0. The first kappa shape index (κ1) is 9.98. The van der Waals surface area contributed by atoms with Crippen molar-refractivity contribution >= 4 is 15.4 Å². The smallest absolute Gasteiger partial charge is 0.166 e. The first-order chi connectivity index (χ1) is 6.11. The number of ether oxygens (including phenoxy) is 2. The zero-order valence-electron chi connectivity index (χ0n) is 7.65. The molecule has 0 amide bonds. The molecule has 0 radical (unpaired) electrons. The molecule has 0 saturated carbocycles. The Kier molecular flexibility index (Phi) is 2.87. The van der Waals surface area contributed by atoms with Gasteiger partial charge in [0, 0.05) is 21.5 Å². The maximum atomic E-state index is 13.2. The van der Waals surface area contributed by atoms with Crippen molar-refractivity contribution in [2.75, 3.05) is 14.2 Å². The lowest BCUT2D eigenvalue weighted by molar-refractivity contribution is 0.361. The fraction of sp³-hybridized carbons (Fsp3) is 0.250. The van der Waals surface area contributed by atoms with Crippen molar-refractivity contribution in [3.63, 3.8) is 0 Å². The minimum Gasteiger partial charge on any atom is -0.494 e. The third-order valence-corrected chi connectivity index (χ3v) is 2.67. The van der Waals surface area contributed by atoms with Crippen molar-refractivity contribution in [1.29, 1.82) is 0 Å². The molecule has 13 heavy (non-hydrogen) atoms. The van der Waals surface area contributed by atoms with E-state index in [9.17, 15) is 8.78 Å². The van der Waals surface area contributed by atoms with Crippen molar-refractivity contribution in [1.82, 2.24) is 0 Å². The van der Waals surface area contributed by atoms with E-state index in [-0.39, 0.29) is 26.9 Å². The van der Waals surface area contributed by atoms with Gasteiger partial charge in [-0.25, -0.2) is 8.78 Å². The summed E-state index contributed by atoms with van der Waals surface area (Å²) in [6.45, 7) is 0. The zero-order valence-corrected chi connectivity index (χ0v) is 9.65.